The summed E-state index contributed by atoms with van der Waals surface area (Å²) < 4.78 is 5.24. The van der Waals surface area contributed by atoms with Crippen molar-refractivity contribution in [3.05, 3.63) is 35.9 Å². The number of benzene rings is 1. The smallest absolute Gasteiger partial charge is 0.407 e. The second kappa shape index (κ2) is 22.7. The van der Waals surface area contributed by atoms with Crippen LogP contribution in [0, 0.1) is 23.7 Å². The Hall–Kier alpha value is -4.20. The van der Waals surface area contributed by atoms with Crippen molar-refractivity contribution in [1.29, 1.82) is 0 Å². The molecule has 52 heavy (non-hydrogen) atoms. The van der Waals surface area contributed by atoms with Gasteiger partial charge in [0.25, 0.3) is 0 Å². The van der Waals surface area contributed by atoms with Crippen molar-refractivity contribution in [2.24, 2.45) is 23.7 Å². The summed E-state index contributed by atoms with van der Waals surface area (Å²) in [6, 6.07) is 5.45. The van der Waals surface area contributed by atoms with Crippen LogP contribution in [-0.2, 0) is 35.3 Å². The summed E-state index contributed by atoms with van der Waals surface area (Å²) in [6.45, 7) is 13.5. The van der Waals surface area contributed by atoms with E-state index >= 15 is 0 Å². The van der Waals surface area contributed by atoms with Gasteiger partial charge < -0.3 is 41.7 Å². The van der Waals surface area contributed by atoms with E-state index in [1.54, 1.807) is 20.8 Å². The molecule has 14 heteroatoms. The summed E-state index contributed by atoms with van der Waals surface area (Å²) in [7, 11) is 0. The van der Waals surface area contributed by atoms with Crippen LogP contribution in [-0.4, -0.2) is 84.2 Å². The Kier molecular flexibility index (Phi) is 19.2. The fraction of sp³-hybridized carbons (Fsp3) is 0.684. The van der Waals surface area contributed by atoms with Gasteiger partial charge in [-0.25, -0.2) is 4.79 Å². The molecule has 0 spiro atoms. The summed E-state index contributed by atoms with van der Waals surface area (Å²) in [5.74, 6) is -3.79. The van der Waals surface area contributed by atoms with Crippen molar-refractivity contribution in [2.75, 3.05) is 13.2 Å². The Morgan fingerprint density at radius 3 is 2.17 bits per heavy atom. The van der Waals surface area contributed by atoms with Crippen LogP contribution in [0.5, 0.6) is 0 Å². The minimum absolute atomic E-state index is 0.0261. The first-order valence-electron chi connectivity index (χ1n) is 18.7. The lowest BCUT2D eigenvalue weighted by molar-refractivity contribution is -0.134. The summed E-state index contributed by atoms with van der Waals surface area (Å²) >= 11 is 0. The average molecular weight is 731 g/mol. The number of cyclic esters (lactones) is 1. The maximum atomic E-state index is 13.8. The second-order valence-electron chi connectivity index (χ2n) is 14.9. The largest absolute Gasteiger partial charge is 0.450 e. The third-order valence-corrected chi connectivity index (χ3v) is 8.99. The molecule has 1 fully saturated rings. The van der Waals surface area contributed by atoms with E-state index in [1.165, 1.54) is 0 Å². The highest BCUT2D eigenvalue weighted by atomic mass is 16.5. The molecular weight excluding hydrogens is 668 g/mol. The van der Waals surface area contributed by atoms with Crippen LogP contribution in [0.4, 0.5) is 4.79 Å². The van der Waals surface area contributed by atoms with E-state index in [4.69, 9.17) is 4.74 Å². The molecule has 1 aromatic rings. The van der Waals surface area contributed by atoms with Gasteiger partial charge in [0.15, 0.2) is 0 Å². The van der Waals surface area contributed by atoms with Crippen LogP contribution in [0.2, 0.25) is 0 Å². The van der Waals surface area contributed by atoms with E-state index in [9.17, 15) is 33.9 Å². The maximum absolute atomic E-state index is 13.8. The molecule has 0 unspecified atom stereocenters. The number of carbonyl (C=O) groups excluding carboxylic acids is 6. The number of carbonyl (C=O) groups is 6. The topological polar surface area (TPSA) is 204 Å². The fourth-order valence-electron chi connectivity index (χ4n) is 5.87. The van der Waals surface area contributed by atoms with E-state index in [1.807, 2.05) is 58.0 Å². The molecule has 0 radical (unpaired) electrons. The van der Waals surface area contributed by atoms with Crippen molar-refractivity contribution in [3.63, 3.8) is 0 Å². The molecule has 1 aliphatic heterocycles. The lowest BCUT2D eigenvalue weighted by atomic mass is 9.91. The lowest BCUT2D eigenvalue weighted by Gasteiger charge is -2.30. The molecule has 1 heterocycles. The second-order valence-corrected chi connectivity index (χ2v) is 14.9. The molecule has 0 aromatic heterocycles. The van der Waals surface area contributed by atoms with Gasteiger partial charge in [0, 0.05) is 19.0 Å². The van der Waals surface area contributed by atoms with Gasteiger partial charge in [-0.05, 0) is 55.4 Å². The first-order chi connectivity index (χ1) is 24.6. The maximum Gasteiger partial charge on any atom is 0.407 e. The summed E-state index contributed by atoms with van der Waals surface area (Å²) in [6.07, 6.45) is 0.985. The first kappa shape index (κ1) is 44.0. The monoisotopic (exact) mass is 730 g/mol. The Morgan fingerprint density at radius 2 is 1.54 bits per heavy atom. The molecule has 1 aliphatic rings. The Bertz CT molecular complexity index is 1310. The predicted octanol–water partition coefficient (Wildman–Crippen LogP) is 2.68. The molecule has 1 aromatic carbocycles. The lowest BCUT2D eigenvalue weighted by Crippen LogP contribution is -2.58. The normalized spacial score (nSPS) is 20.4. The number of hydrogen-bond acceptors (Lipinski definition) is 8. The average Bonchev–Trinajstić information content (AvgIpc) is 3.08. The van der Waals surface area contributed by atoms with Crippen LogP contribution in [0.15, 0.2) is 30.3 Å². The number of hydrogen-bond donors (Lipinski definition) is 7. The van der Waals surface area contributed by atoms with Crippen LogP contribution in [0.1, 0.15) is 99.0 Å². The molecule has 7 N–H and O–H groups in total. The molecule has 6 atom stereocenters. The quantitative estimate of drug-likeness (QED) is 0.151. The van der Waals surface area contributed by atoms with Gasteiger partial charge in [-0.2, -0.15) is 0 Å². The van der Waals surface area contributed by atoms with Gasteiger partial charge in [0.1, 0.15) is 18.1 Å². The van der Waals surface area contributed by atoms with Crippen LogP contribution < -0.4 is 31.9 Å². The van der Waals surface area contributed by atoms with E-state index in [0.717, 1.165) is 18.4 Å². The first-order valence-corrected chi connectivity index (χ1v) is 18.7. The highest BCUT2D eigenvalue weighted by molar-refractivity contribution is 5.94. The molecule has 2 rings (SSSR count). The Morgan fingerprint density at radius 1 is 0.865 bits per heavy atom. The minimum atomic E-state index is -1.32. The zero-order valence-corrected chi connectivity index (χ0v) is 32.0. The number of alkyl carbamates (subject to hydrolysis) is 1. The highest BCUT2D eigenvalue weighted by Crippen LogP contribution is 2.17. The van der Waals surface area contributed by atoms with E-state index < -0.39 is 65.9 Å². The highest BCUT2D eigenvalue weighted by Gasteiger charge is 2.34. The Balaban J connectivity index is 2.17. The van der Waals surface area contributed by atoms with Gasteiger partial charge in [-0.15, -0.1) is 0 Å². The third-order valence-electron chi connectivity index (χ3n) is 8.99. The van der Waals surface area contributed by atoms with E-state index in [0.29, 0.717) is 32.4 Å². The number of aliphatic hydroxyl groups is 1. The third kappa shape index (κ3) is 16.0. The minimum Gasteiger partial charge on any atom is -0.450 e. The fourth-order valence-corrected chi connectivity index (χ4v) is 5.87. The van der Waals surface area contributed by atoms with Gasteiger partial charge in [0.2, 0.25) is 29.5 Å². The number of aliphatic hydroxyl groups excluding tert-OH is 1. The Labute approximate surface area is 308 Å². The van der Waals surface area contributed by atoms with Crippen LogP contribution in [0.3, 0.4) is 0 Å². The SMILES string of the molecule is CC(C)C[C@H](NC(=O)[C@@H]1CC(=O)NCCCCCCOC(=O)N[C@@H](C(C)C)C(=O)N1)[C@@H](O)C[C@@H](C)C(=O)N[C@H](C(=O)NCc1ccccc1)C(C)C. The zero-order chi connectivity index (χ0) is 38.8. The summed E-state index contributed by atoms with van der Waals surface area (Å²) in [5.41, 5.74) is 0.925. The molecular formula is C38H62N6O8. The standard InChI is InChI=1S/C38H62N6O8/c1-23(2)19-28(30(45)20-26(7)34(47)43-32(24(3)4)36(49)40-22-27-15-11-10-12-16-27)41-35(48)29-21-31(46)39-17-13-8-9-14-18-52-38(51)44-33(25(5)6)37(50)42-29/h10-12,15-16,23-26,28-30,32-33,45H,8-9,13-14,17-22H2,1-7H3,(H,39,46)(H,40,49)(H,41,48)(H,42,50)(H,43,47)(H,44,51)/t26-,28+,29+,30+,32+,33+/m1/s1. The van der Waals surface area contributed by atoms with Crippen LogP contribution in [0.25, 0.3) is 0 Å². The summed E-state index contributed by atoms with van der Waals surface area (Å²) in [4.78, 5) is 78.9. The van der Waals surface area contributed by atoms with Crippen molar-refractivity contribution in [3.8, 4) is 0 Å². The summed E-state index contributed by atoms with van der Waals surface area (Å²) in [5, 5.41) is 27.9. The van der Waals surface area contributed by atoms with Crippen molar-refractivity contribution in [2.45, 2.75) is 130 Å². The van der Waals surface area contributed by atoms with E-state index in [2.05, 4.69) is 31.9 Å². The molecule has 0 bridgehead atoms. The molecule has 0 aliphatic carbocycles. The van der Waals surface area contributed by atoms with Gasteiger partial charge in [-0.1, -0.05) is 85.2 Å². The number of amides is 6. The van der Waals surface area contributed by atoms with Crippen molar-refractivity contribution in [1.82, 2.24) is 31.9 Å². The number of rotatable bonds is 14. The van der Waals surface area contributed by atoms with Gasteiger partial charge in [0.05, 0.1) is 25.2 Å². The van der Waals surface area contributed by atoms with Gasteiger partial charge >= 0.3 is 6.09 Å². The molecule has 1 saturated heterocycles. The molecule has 6 amide bonds. The molecule has 0 saturated carbocycles. The van der Waals surface area contributed by atoms with E-state index in [-0.39, 0.29) is 43.1 Å². The molecule has 292 valence electrons. The number of nitrogens with one attached hydrogen (secondary N) is 6. The van der Waals surface area contributed by atoms with Gasteiger partial charge in [-0.3, -0.25) is 24.0 Å². The van der Waals surface area contributed by atoms with Crippen LogP contribution >= 0.6 is 0 Å². The van der Waals surface area contributed by atoms with Crippen molar-refractivity contribution < 1.29 is 38.6 Å². The zero-order valence-electron chi connectivity index (χ0n) is 32.0. The predicted molar refractivity (Wildman–Crippen MR) is 197 cm³/mol. The van der Waals surface area contributed by atoms with Crippen molar-refractivity contribution >= 4 is 35.6 Å². The molecule has 14 nitrogen and oxygen atoms in total. The number of ether oxygens (including phenoxy) is 1.